The standard InChI is InChI=1S/C13H29BO2/c1-3-5-7-9-11-13(14(15)16)12-10-8-6-4-2/h13,15-16H,3-12H2,1-2H3. The van der Waals surface area contributed by atoms with Gasteiger partial charge in [-0.2, -0.15) is 0 Å². The van der Waals surface area contributed by atoms with E-state index in [1.165, 1.54) is 38.5 Å². The van der Waals surface area contributed by atoms with E-state index in [1.54, 1.807) is 0 Å². The zero-order valence-corrected chi connectivity index (χ0v) is 11.1. The zero-order valence-electron chi connectivity index (χ0n) is 11.1. The lowest BCUT2D eigenvalue weighted by Crippen LogP contribution is -2.20. The molecule has 2 nitrogen and oxygen atoms in total. The third-order valence-corrected chi connectivity index (χ3v) is 3.28. The Morgan fingerprint density at radius 2 is 1.19 bits per heavy atom. The van der Waals surface area contributed by atoms with Crippen molar-refractivity contribution in [1.29, 1.82) is 0 Å². The highest BCUT2D eigenvalue weighted by atomic mass is 16.4. The van der Waals surface area contributed by atoms with Crippen molar-refractivity contribution < 1.29 is 10.0 Å². The fourth-order valence-electron chi connectivity index (χ4n) is 2.11. The molecule has 0 saturated heterocycles. The second-order valence-corrected chi connectivity index (χ2v) is 4.87. The molecule has 0 aromatic heterocycles. The Hall–Kier alpha value is -0.0151. The van der Waals surface area contributed by atoms with Crippen LogP contribution < -0.4 is 0 Å². The fourth-order valence-corrected chi connectivity index (χ4v) is 2.11. The summed E-state index contributed by atoms with van der Waals surface area (Å²) in [6.45, 7) is 4.40. The molecule has 0 unspecified atom stereocenters. The van der Waals surface area contributed by atoms with Crippen LogP contribution in [-0.2, 0) is 0 Å². The highest BCUT2D eigenvalue weighted by Gasteiger charge is 2.21. The van der Waals surface area contributed by atoms with Crippen molar-refractivity contribution in [3.63, 3.8) is 0 Å². The lowest BCUT2D eigenvalue weighted by molar-refractivity contribution is 0.365. The van der Waals surface area contributed by atoms with Crippen LogP contribution in [0.2, 0.25) is 5.82 Å². The van der Waals surface area contributed by atoms with Gasteiger partial charge in [0.05, 0.1) is 0 Å². The molecular weight excluding hydrogens is 199 g/mol. The molecule has 96 valence electrons. The van der Waals surface area contributed by atoms with Crippen molar-refractivity contribution >= 4 is 7.12 Å². The Labute approximate surface area is 102 Å². The van der Waals surface area contributed by atoms with Crippen molar-refractivity contribution in [1.82, 2.24) is 0 Å². The molecule has 0 atom stereocenters. The second-order valence-electron chi connectivity index (χ2n) is 4.87. The summed E-state index contributed by atoms with van der Waals surface area (Å²) in [4.78, 5) is 0. The van der Waals surface area contributed by atoms with E-state index in [4.69, 9.17) is 0 Å². The predicted octanol–water partition coefficient (Wildman–Crippen LogP) is 3.77. The molecule has 0 aliphatic heterocycles. The van der Waals surface area contributed by atoms with Crippen LogP contribution in [0.5, 0.6) is 0 Å². The summed E-state index contributed by atoms with van der Waals surface area (Å²) >= 11 is 0. The molecule has 2 N–H and O–H groups in total. The first kappa shape index (κ1) is 16.0. The summed E-state index contributed by atoms with van der Waals surface area (Å²) in [7, 11) is -1.11. The van der Waals surface area contributed by atoms with Crippen LogP contribution in [0.25, 0.3) is 0 Å². The van der Waals surface area contributed by atoms with E-state index in [0.29, 0.717) is 0 Å². The minimum Gasteiger partial charge on any atom is -0.427 e. The molecular formula is C13H29BO2. The number of hydrogen-bond acceptors (Lipinski definition) is 2. The van der Waals surface area contributed by atoms with Gasteiger partial charge in [-0.05, 0) is 5.82 Å². The number of unbranched alkanes of at least 4 members (excludes halogenated alkanes) is 6. The minimum atomic E-state index is -1.11. The molecule has 0 aliphatic rings. The van der Waals surface area contributed by atoms with Gasteiger partial charge in [-0.15, -0.1) is 0 Å². The first-order valence-electron chi connectivity index (χ1n) is 7.08. The first-order valence-corrected chi connectivity index (χ1v) is 7.08. The van der Waals surface area contributed by atoms with Crippen molar-refractivity contribution in [3.8, 4) is 0 Å². The molecule has 0 aliphatic carbocycles. The Kier molecular flexibility index (Phi) is 11.5. The molecule has 0 amide bonds. The highest BCUT2D eigenvalue weighted by molar-refractivity contribution is 6.43. The van der Waals surface area contributed by atoms with Crippen LogP contribution in [0.15, 0.2) is 0 Å². The van der Waals surface area contributed by atoms with Crippen molar-refractivity contribution in [2.75, 3.05) is 0 Å². The van der Waals surface area contributed by atoms with Crippen molar-refractivity contribution in [3.05, 3.63) is 0 Å². The molecule has 0 aromatic carbocycles. The maximum Gasteiger partial charge on any atom is 0.454 e. The van der Waals surface area contributed by atoms with Crippen molar-refractivity contribution in [2.24, 2.45) is 0 Å². The SMILES string of the molecule is CCCCCCC(CCCCCC)B(O)O. The molecule has 0 heterocycles. The summed E-state index contributed by atoms with van der Waals surface area (Å²) in [6.07, 6.45) is 11.7. The Bertz CT molecular complexity index is 128. The van der Waals surface area contributed by atoms with Gasteiger partial charge in [0.15, 0.2) is 0 Å². The second kappa shape index (κ2) is 11.5. The average molecular weight is 228 g/mol. The highest BCUT2D eigenvalue weighted by Crippen LogP contribution is 2.24. The van der Waals surface area contributed by atoms with Crippen LogP contribution in [0, 0.1) is 0 Å². The van der Waals surface area contributed by atoms with E-state index in [2.05, 4.69) is 13.8 Å². The van der Waals surface area contributed by atoms with Gasteiger partial charge in [0.2, 0.25) is 0 Å². The molecule has 0 radical (unpaired) electrons. The third-order valence-electron chi connectivity index (χ3n) is 3.28. The third kappa shape index (κ3) is 9.23. The van der Waals surface area contributed by atoms with Crippen LogP contribution in [0.4, 0.5) is 0 Å². The molecule has 0 fully saturated rings. The lowest BCUT2D eigenvalue weighted by Gasteiger charge is -2.15. The van der Waals surface area contributed by atoms with Gasteiger partial charge in [0, 0.05) is 0 Å². The summed E-state index contributed by atoms with van der Waals surface area (Å²) in [5, 5.41) is 18.6. The van der Waals surface area contributed by atoms with Gasteiger partial charge in [0.1, 0.15) is 0 Å². The van der Waals surface area contributed by atoms with E-state index in [0.717, 1.165) is 25.7 Å². The molecule has 3 heteroatoms. The summed E-state index contributed by atoms with van der Waals surface area (Å²) in [5.74, 6) is 0.105. The zero-order chi connectivity index (χ0) is 12.2. The number of rotatable bonds is 11. The Morgan fingerprint density at radius 3 is 1.50 bits per heavy atom. The maximum atomic E-state index is 9.28. The van der Waals surface area contributed by atoms with E-state index in [9.17, 15) is 10.0 Å². The van der Waals surface area contributed by atoms with E-state index in [1.807, 2.05) is 0 Å². The van der Waals surface area contributed by atoms with Gasteiger partial charge in [-0.25, -0.2) is 0 Å². The quantitative estimate of drug-likeness (QED) is 0.417. The predicted molar refractivity (Wildman–Crippen MR) is 71.5 cm³/mol. The van der Waals surface area contributed by atoms with Crippen LogP contribution in [0.1, 0.15) is 78.1 Å². The lowest BCUT2D eigenvalue weighted by atomic mass is 9.67. The molecule has 0 saturated carbocycles. The Balaban J connectivity index is 3.54. The largest absolute Gasteiger partial charge is 0.454 e. The van der Waals surface area contributed by atoms with Crippen LogP contribution >= 0.6 is 0 Å². The smallest absolute Gasteiger partial charge is 0.427 e. The average Bonchev–Trinajstić information content (AvgIpc) is 2.26. The molecule has 0 bridgehead atoms. The first-order chi connectivity index (χ1) is 7.72. The minimum absolute atomic E-state index is 0.105. The van der Waals surface area contributed by atoms with Crippen LogP contribution in [-0.4, -0.2) is 17.2 Å². The van der Waals surface area contributed by atoms with Gasteiger partial charge < -0.3 is 10.0 Å². The monoisotopic (exact) mass is 228 g/mol. The van der Waals surface area contributed by atoms with Crippen molar-refractivity contribution in [2.45, 2.75) is 83.9 Å². The maximum absolute atomic E-state index is 9.28. The fraction of sp³-hybridized carbons (Fsp3) is 1.00. The molecule has 0 rings (SSSR count). The Morgan fingerprint density at radius 1 is 0.750 bits per heavy atom. The van der Waals surface area contributed by atoms with Gasteiger partial charge in [-0.3, -0.25) is 0 Å². The summed E-state index contributed by atoms with van der Waals surface area (Å²) < 4.78 is 0. The molecule has 0 spiro atoms. The molecule has 0 aromatic rings. The van der Waals surface area contributed by atoms with Crippen LogP contribution in [0.3, 0.4) is 0 Å². The topological polar surface area (TPSA) is 40.5 Å². The summed E-state index contributed by atoms with van der Waals surface area (Å²) in [6, 6.07) is 0. The van der Waals surface area contributed by atoms with E-state index in [-0.39, 0.29) is 5.82 Å². The summed E-state index contributed by atoms with van der Waals surface area (Å²) in [5.41, 5.74) is 0. The van der Waals surface area contributed by atoms with E-state index < -0.39 is 7.12 Å². The normalized spacial score (nSPS) is 11.1. The molecule has 16 heavy (non-hydrogen) atoms. The van der Waals surface area contributed by atoms with Gasteiger partial charge in [0.25, 0.3) is 0 Å². The van der Waals surface area contributed by atoms with Gasteiger partial charge >= 0.3 is 7.12 Å². The number of hydrogen-bond donors (Lipinski definition) is 2. The van der Waals surface area contributed by atoms with Gasteiger partial charge in [-0.1, -0.05) is 78.1 Å². The van der Waals surface area contributed by atoms with E-state index >= 15 is 0 Å².